The third kappa shape index (κ3) is 13.6. The molecule has 0 atom stereocenters. The van der Waals surface area contributed by atoms with Gasteiger partial charge in [-0.1, -0.05) is 44.8 Å². The maximum absolute atomic E-state index is 8.59. The van der Waals surface area contributed by atoms with Crippen LogP contribution in [0.3, 0.4) is 0 Å². The summed E-state index contributed by atoms with van der Waals surface area (Å²) >= 11 is 0. The van der Waals surface area contributed by atoms with Crippen molar-refractivity contribution in [3.8, 4) is 0 Å². The second kappa shape index (κ2) is 8.89. The van der Waals surface area contributed by atoms with Gasteiger partial charge in [0.1, 0.15) is 0 Å². The fourth-order valence-electron chi connectivity index (χ4n) is 1.38. The van der Waals surface area contributed by atoms with Crippen molar-refractivity contribution in [1.29, 1.82) is 0 Å². The van der Waals surface area contributed by atoms with Gasteiger partial charge >= 0.3 is 0 Å². The van der Waals surface area contributed by atoms with Crippen LogP contribution in [0.25, 0.3) is 0 Å². The molecule has 90 valence electrons. The predicted octanol–water partition coefficient (Wildman–Crippen LogP) is 2.31. The van der Waals surface area contributed by atoms with Gasteiger partial charge in [-0.05, 0) is 19.3 Å². The average Bonchev–Trinajstić information content (AvgIpc) is 2.14. The molecule has 0 aromatic rings. The lowest BCUT2D eigenvalue weighted by atomic mass is 10.1. The van der Waals surface area contributed by atoms with Crippen molar-refractivity contribution in [2.45, 2.75) is 64.3 Å². The fourth-order valence-corrected chi connectivity index (χ4v) is 1.38. The third-order valence-corrected chi connectivity index (χ3v) is 2.29. The van der Waals surface area contributed by atoms with Gasteiger partial charge in [0.15, 0.2) is 0 Å². The standard InChI is InChI=1S/C12H24O3/c1-2-3-4-5-6-7-8-9-10-11-12(13,14)15/h8-9,13-15H,2-7,10-11H2,1H3. The highest BCUT2D eigenvalue weighted by atomic mass is 16.7. The summed E-state index contributed by atoms with van der Waals surface area (Å²) in [5.41, 5.74) is 0. The number of allylic oxidation sites excluding steroid dienone is 2. The molecule has 0 saturated carbocycles. The van der Waals surface area contributed by atoms with Crippen LogP contribution in [0, 0.1) is 0 Å². The topological polar surface area (TPSA) is 60.7 Å². The Morgan fingerprint density at radius 1 is 0.867 bits per heavy atom. The van der Waals surface area contributed by atoms with Crippen molar-refractivity contribution in [1.82, 2.24) is 0 Å². The molecule has 0 unspecified atom stereocenters. The molecule has 0 aliphatic carbocycles. The van der Waals surface area contributed by atoms with Crippen molar-refractivity contribution in [3.05, 3.63) is 12.2 Å². The first-order chi connectivity index (χ1) is 7.06. The molecule has 0 saturated heterocycles. The molecule has 0 aromatic heterocycles. The molecule has 15 heavy (non-hydrogen) atoms. The average molecular weight is 216 g/mol. The van der Waals surface area contributed by atoms with Crippen LogP contribution >= 0.6 is 0 Å². The van der Waals surface area contributed by atoms with Crippen LogP contribution in [0.15, 0.2) is 12.2 Å². The minimum atomic E-state index is -2.51. The molecule has 0 rings (SSSR count). The molecule has 0 spiro atoms. The molecule has 0 heterocycles. The third-order valence-electron chi connectivity index (χ3n) is 2.29. The van der Waals surface area contributed by atoms with Crippen LogP contribution < -0.4 is 0 Å². The predicted molar refractivity (Wildman–Crippen MR) is 61.1 cm³/mol. The highest BCUT2D eigenvalue weighted by molar-refractivity contribution is 4.81. The summed E-state index contributed by atoms with van der Waals surface area (Å²) < 4.78 is 0. The van der Waals surface area contributed by atoms with Crippen LogP contribution in [0.4, 0.5) is 0 Å². The van der Waals surface area contributed by atoms with E-state index in [-0.39, 0.29) is 6.42 Å². The smallest absolute Gasteiger partial charge is 0.275 e. The molecule has 0 amide bonds. The molecular formula is C12H24O3. The SMILES string of the molecule is CCCCCCCC=CCCC(O)(O)O. The number of hydrogen-bond acceptors (Lipinski definition) is 3. The Hall–Kier alpha value is -0.380. The molecule has 3 heteroatoms. The van der Waals surface area contributed by atoms with E-state index in [4.69, 9.17) is 15.3 Å². The molecule has 0 radical (unpaired) electrons. The Morgan fingerprint density at radius 3 is 2.07 bits per heavy atom. The largest absolute Gasteiger partial charge is 0.344 e. The zero-order chi connectivity index (χ0) is 11.6. The maximum Gasteiger partial charge on any atom is 0.275 e. The van der Waals surface area contributed by atoms with Crippen molar-refractivity contribution in [3.63, 3.8) is 0 Å². The lowest BCUT2D eigenvalue weighted by Gasteiger charge is -2.11. The Labute approximate surface area is 92.4 Å². The molecule has 0 aliphatic rings. The van der Waals surface area contributed by atoms with Gasteiger partial charge in [-0.2, -0.15) is 0 Å². The summed E-state index contributed by atoms with van der Waals surface area (Å²) in [6.07, 6.45) is 11.8. The zero-order valence-corrected chi connectivity index (χ0v) is 9.65. The Kier molecular flexibility index (Phi) is 8.67. The maximum atomic E-state index is 8.59. The van der Waals surface area contributed by atoms with Crippen molar-refractivity contribution in [2.24, 2.45) is 0 Å². The van der Waals surface area contributed by atoms with Crippen LogP contribution in [-0.2, 0) is 0 Å². The molecular weight excluding hydrogens is 192 g/mol. The second-order valence-electron chi connectivity index (χ2n) is 3.99. The van der Waals surface area contributed by atoms with Crippen LogP contribution in [0.1, 0.15) is 58.3 Å². The van der Waals surface area contributed by atoms with Gasteiger partial charge in [0.2, 0.25) is 0 Å². The van der Waals surface area contributed by atoms with E-state index in [9.17, 15) is 0 Å². The van der Waals surface area contributed by atoms with Gasteiger partial charge < -0.3 is 15.3 Å². The van der Waals surface area contributed by atoms with Gasteiger partial charge in [0, 0.05) is 6.42 Å². The first-order valence-corrected chi connectivity index (χ1v) is 5.88. The fraction of sp³-hybridized carbons (Fsp3) is 0.833. The van der Waals surface area contributed by atoms with Gasteiger partial charge in [-0.15, -0.1) is 0 Å². The molecule has 0 aromatic carbocycles. The molecule has 0 bridgehead atoms. The van der Waals surface area contributed by atoms with E-state index in [0.717, 1.165) is 6.42 Å². The van der Waals surface area contributed by atoms with Crippen molar-refractivity contribution in [2.75, 3.05) is 0 Å². The summed E-state index contributed by atoms with van der Waals surface area (Å²) in [4.78, 5) is 0. The van der Waals surface area contributed by atoms with E-state index in [2.05, 4.69) is 6.92 Å². The lowest BCUT2D eigenvalue weighted by molar-refractivity contribution is -0.313. The Balaban J connectivity index is 3.18. The first kappa shape index (κ1) is 14.6. The molecule has 3 nitrogen and oxygen atoms in total. The highest BCUT2D eigenvalue weighted by Gasteiger charge is 2.15. The number of rotatable bonds is 9. The van der Waals surface area contributed by atoms with E-state index in [1.54, 1.807) is 0 Å². The minimum absolute atomic E-state index is 0.0284. The summed E-state index contributed by atoms with van der Waals surface area (Å²) in [6, 6.07) is 0. The zero-order valence-electron chi connectivity index (χ0n) is 9.65. The number of aliphatic hydroxyl groups is 3. The number of hydrogen-bond donors (Lipinski definition) is 3. The van der Waals surface area contributed by atoms with Gasteiger partial charge in [-0.25, -0.2) is 0 Å². The quantitative estimate of drug-likeness (QED) is 0.315. The van der Waals surface area contributed by atoms with Gasteiger partial charge in [0.05, 0.1) is 0 Å². The first-order valence-electron chi connectivity index (χ1n) is 5.88. The van der Waals surface area contributed by atoms with Crippen LogP contribution in [0.2, 0.25) is 0 Å². The second-order valence-corrected chi connectivity index (χ2v) is 3.99. The lowest BCUT2D eigenvalue weighted by Crippen LogP contribution is -2.26. The normalized spacial score (nSPS) is 12.5. The molecule has 0 fully saturated rings. The molecule has 0 aliphatic heterocycles. The van der Waals surface area contributed by atoms with E-state index in [1.807, 2.05) is 12.2 Å². The van der Waals surface area contributed by atoms with Crippen molar-refractivity contribution >= 4 is 0 Å². The Morgan fingerprint density at radius 2 is 1.47 bits per heavy atom. The van der Waals surface area contributed by atoms with Gasteiger partial charge in [0.25, 0.3) is 5.97 Å². The van der Waals surface area contributed by atoms with Crippen LogP contribution in [0.5, 0.6) is 0 Å². The summed E-state index contributed by atoms with van der Waals surface area (Å²) in [5.74, 6) is -2.51. The monoisotopic (exact) mass is 216 g/mol. The summed E-state index contributed by atoms with van der Waals surface area (Å²) in [7, 11) is 0. The highest BCUT2D eigenvalue weighted by Crippen LogP contribution is 2.07. The van der Waals surface area contributed by atoms with E-state index < -0.39 is 5.97 Å². The van der Waals surface area contributed by atoms with E-state index >= 15 is 0 Å². The van der Waals surface area contributed by atoms with E-state index in [1.165, 1.54) is 32.1 Å². The minimum Gasteiger partial charge on any atom is -0.344 e. The van der Waals surface area contributed by atoms with Crippen molar-refractivity contribution < 1.29 is 15.3 Å². The van der Waals surface area contributed by atoms with Crippen LogP contribution in [-0.4, -0.2) is 21.3 Å². The Bertz CT molecular complexity index is 159. The summed E-state index contributed by atoms with van der Waals surface area (Å²) in [5, 5.41) is 25.8. The summed E-state index contributed by atoms with van der Waals surface area (Å²) in [6.45, 7) is 2.20. The number of unbranched alkanes of at least 4 members (excludes halogenated alkanes) is 5. The molecule has 3 N–H and O–H groups in total. The van der Waals surface area contributed by atoms with E-state index in [0.29, 0.717) is 6.42 Å². The van der Waals surface area contributed by atoms with Gasteiger partial charge in [-0.3, -0.25) is 0 Å².